The lowest BCUT2D eigenvalue weighted by Crippen LogP contribution is -2.36. The van der Waals surface area contributed by atoms with Gasteiger partial charge in [-0.15, -0.1) is 0 Å². The molecule has 0 spiro atoms. The van der Waals surface area contributed by atoms with E-state index in [9.17, 15) is 9.59 Å². The van der Waals surface area contributed by atoms with Crippen LogP contribution in [0.2, 0.25) is 0 Å². The van der Waals surface area contributed by atoms with Crippen LogP contribution in [0.1, 0.15) is 42.8 Å². The Balaban J connectivity index is 1.99. The van der Waals surface area contributed by atoms with E-state index in [1.165, 1.54) is 10.5 Å². The smallest absolute Gasteiger partial charge is 0.293 e. The van der Waals surface area contributed by atoms with Crippen LogP contribution in [0.4, 0.5) is 4.79 Å². The molecule has 0 unspecified atom stereocenters. The van der Waals surface area contributed by atoms with Gasteiger partial charge in [0.25, 0.3) is 11.1 Å². The molecule has 1 aliphatic heterocycles. The van der Waals surface area contributed by atoms with Crippen molar-refractivity contribution in [3.8, 4) is 5.69 Å². The number of aryl methyl sites for hydroxylation is 2. The first kappa shape index (κ1) is 18.5. The summed E-state index contributed by atoms with van der Waals surface area (Å²) >= 11 is 1.03. The second-order valence-corrected chi connectivity index (χ2v) is 7.80. The molecule has 4 nitrogen and oxygen atoms in total. The number of hydrogen-bond donors (Lipinski definition) is 0. The molecular weight excluding hydrogens is 344 g/mol. The Morgan fingerprint density at radius 3 is 2.54 bits per heavy atom. The first-order valence-electron chi connectivity index (χ1n) is 8.86. The average Bonchev–Trinajstić information content (AvgIpc) is 3.03. The molecule has 1 atom stereocenters. The number of imide groups is 1. The van der Waals surface area contributed by atoms with E-state index in [0.717, 1.165) is 40.8 Å². The van der Waals surface area contributed by atoms with Gasteiger partial charge in [-0.3, -0.25) is 14.5 Å². The quantitative estimate of drug-likeness (QED) is 0.693. The summed E-state index contributed by atoms with van der Waals surface area (Å²) in [6, 6.07) is 10.3. The van der Waals surface area contributed by atoms with Gasteiger partial charge in [0.05, 0.1) is 4.91 Å². The normalized spacial score (nSPS) is 17.4. The largest absolute Gasteiger partial charge is 0.318 e. The summed E-state index contributed by atoms with van der Waals surface area (Å²) < 4.78 is 2.18. The zero-order chi connectivity index (χ0) is 19.0. The van der Waals surface area contributed by atoms with Crippen molar-refractivity contribution < 1.29 is 9.59 Å². The zero-order valence-corrected chi connectivity index (χ0v) is 16.7. The van der Waals surface area contributed by atoms with Crippen molar-refractivity contribution in [3.05, 3.63) is 57.8 Å². The number of rotatable bonds is 4. The van der Waals surface area contributed by atoms with E-state index in [4.69, 9.17) is 0 Å². The highest BCUT2D eigenvalue weighted by molar-refractivity contribution is 8.18. The molecule has 1 fully saturated rings. The molecule has 136 valence electrons. The number of amides is 2. The van der Waals surface area contributed by atoms with E-state index in [0.29, 0.717) is 4.91 Å². The SMILES string of the molecule is CC[C@@H](C)N1C(=O)S/C(=C/c2cc(C)n(-c3cccc(C)c3)c2C)C1=O. The maximum Gasteiger partial charge on any atom is 0.293 e. The number of carbonyl (C=O) groups is 2. The Kier molecular flexibility index (Phi) is 5.10. The summed E-state index contributed by atoms with van der Waals surface area (Å²) in [4.78, 5) is 26.7. The molecule has 1 aliphatic rings. The fraction of sp³-hybridized carbons (Fsp3) is 0.333. The lowest BCUT2D eigenvalue weighted by atomic mass is 10.2. The second kappa shape index (κ2) is 7.16. The van der Waals surface area contributed by atoms with Crippen LogP contribution < -0.4 is 0 Å². The fourth-order valence-corrected chi connectivity index (χ4v) is 4.20. The van der Waals surface area contributed by atoms with Gasteiger partial charge < -0.3 is 4.57 Å². The Hall–Kier alpha value is -2.27. The number of carbonyl (C=O) groups excluding carboxylic acids is 2. The van der Waals surface area contributed by atoms with Gasteiger partial charge in [0.1, 0.15) is 0 Å². The number of thioether (sulfide) groups is 1. The highest BCUT2D eigenvalue weighted by Gasteiger charge is 2.37. The minimum absolute atomic E-state index is 0.0758. The third kappa shape index (κ3) is 3.23. The highest BCUT2D eigenvalue weighted by atomic mass is 32.2. The van der Waals surface area contributed by atoms with Crippen molar-refractivity contribution in [3.63, 3.8) is 0 Å². The van der Waals surface area contributed by atoms with Crippen molar-refractivity contribution in [2.24, 2.45) is 0 Å². The first-order chi connectivity index (χ1) is 12.3. The molecule has 2 heterocycles. The minimum Gasteiger partial charge on any atom is -0.318 e. The van der Waals surface area contributed by atoms with Crippen molar-refractivity contribution in [1.82, 2.24) is 9.47 Å². The molecule has 2 aromatic rings. The lowest BCUT2D eigenvalue weighted by Gasteiger charge is -2.19. The summed E-state index contributed by atoms with van der Waals surface area (Å²) in [7, 11) is 0. The van der Waals surface area contributed by atoms with Gasteiger partial charge in [-0.25, -0.2) is 0 Å². The predicted molar refractivity (Wildman–Crippen MR) is 108 cm³/mol. The fourth-order valence-electron chi connectivity index (χ4n) is 3.28. The molecule has 1 aromatic heterocycles. The molecule has 26 heavy (non-hydrogen) atoms. The first-order valence-corrected chi connectivity index (χ1v) is 9.68. The van der Waals surface area contributed by atoms with Crippen LogP contribution in [0.25, 0.3) is 11.8 Å². The lowest BCUT2D eigenvalue weighted by molar-refractivity contribution is -0.124. The van der Waals surface area contributed by atoms with Crippen molar-refractivity contribution in [2.45, 2.75) is 47.1 Å². The van der Waals surface area contributed by atoms with Crippen LogP contribution >= 0.6 is 11.8 Å². The molecular formula is C21H24N2O2S. The topological polar surface area (TPSA) is 42.3 Å². The van der Waals surface area contributed by atoms with E-state index >= 15 is 0 Å². The van der Waals surface area contributed by atoms with Gasteiger partial charge in [0, 0.05) is 23.1 Å². The molecule has 2 amide bonds. The molecule has 0 N–H and O–H groups in total. The molecule has 0 radical (unpaired) electrons. The number of benzene rings is 1. The summed E-state index contributed by atoms with van der Waals surface area (Å²) in [6.45, 7) is 10.1. The van der Waals surface area contributed by atoms with Crippen LogP contribution in [0.15, 0.2) is 35.2 Å². The Morgan fingerprint density at radius 1 is 1.15 bits per heavy atom. The van der Waals surface area contributed by atoms with Gasteiger partial charge in [-0.05, 0) is 81.3 Å². The average molecular weight is 369 g/mol. The molecule has 0 bridgehead atoms. The highest BCUT2D eigenvalue weighted by Crippen LogP contribution is 2.35. The van der Waals surface area contributed by atoms with Gasteiger partial charge >= 0.3 is 0 Å². The predicted octanol–water partition coefficient (Wildman–Crippen LogP) is 5.24. The molecule has 5 heteroatoms. The summed E-state index contributed by atoms with van der Waals surface area (Å²) in [5.74, 6) is -0.185. The molecule has 0 saturated carbocycles. The summed E-state index contributed by atoms with van der Waals surface area (Å²) in [5, 5.41) is -0.178. The second-order valence-electron chi connectivity index (χ2n) is 6.81. The van der Waals surface area contributed by atoms with Gasteiger partial charge in [0.2, 0.25) is 0 Å². The van der Waals surface area contributed by atoms with Crippen molar-refractivity contribution in [2.75, 3.05) is 0 Å². The third-order valence-electron chi connectivity index (χ3n) is 4.87. The standard InChI is InChI=1S/C21H24N2O2S/c1-6-14(3)23-20(24)19(26-21(23)25)12-17-11-15(4)22(16(17)5)18-9-7-8-13(2)10-18/h7-12,14H,6H2,1-5H3/b19-12+/t14-/m1/s1. The van der Waals surface area contributed by atoms with Crippen molar-refractivity contribution >= 4 is 29.0 Å². The maximum atomic E-state index is 12.6. The Morgan fingerprint density at radius 2 is 1.88 bits per heavy atom. The van der Waals surface area contributed by atoms with E-state index < -0.39 is 0 Å². The van der Waals surface area contributed by atoms with E-state index in [1.54, 1.807) is 0 Å². The Labute approximate surface area is 158 Å². The Bertz CT molecular complexity index is 911. The summed E-state index contributed by atoms with van der Waals surface area (Å²) in [5.41, 5.74) is 5.43. The van der Waals surface area contributed by atoms with Gasteiger partial charge in [-0.2, -0.15) is 0 Å². The van der Waals surface area contributed by atoms with Gasteiger partial charge in [-0.1, -0.05) is 19.1 Å². The monoisotopic (exact) mass is 368 g/mol. The van der Waals surface area contributed by atoms with Crippen LogP contribution in [-0.2, 0) is 4.79 Å². The molecule has 1 saturated heterocycles. The van der Waals surface area contributed by atoms with Crippen molar-refractivity contribution in [1.29, 1.82) is 0 Å². The zero-order valence-electron chi connectivity index (χ0n) is 15.9. The van der Waals surface area contributed by atoms with Crippen LogP contribution in [-0.4, -0.2) is 26.7 Å². The third-order valence-corrected chi connectivity index (χ3v) is 5.76. The number of aromatic nitrogens is 1. The van der Waals surface area contributed by atoms with E-state index in [2.05, 4.69) is 42.7 Å². The van der Waals surface area contributed by atoms with Gasteiger partial charge in [0.15, 0.2) is 0 Å². The van der Waals surface area contributed by atoms with Crippen LogP contribution in [0, 0.1) is 20.8 Å². The molecule has 0 aliphatic carbocycles. The van der Waals surface area contributed by atoms with E-state index in [-0.39, 0.29) is 17.2 Å². The number of hydrogen-bond acceptors (Lipinski definition) is 3. The molecule has 3 rings (SSSR count). The van der Waals surface area contributed by atoms with Crippen LogP contribution in [0.5, 0.6) is 0 Å². The minimum atomic E-state index is -0.185. The summed E-state index contributed by atoms with van der Waals surface area (Å²) in [6.07, 6.45) is 2.61. The van der Waals surface area contributed by atoms with Crippen LogP contribution in [0.3, 0.4) is 0 Å². The van der Waals surface area contributed by atoms with E-state index in [1.807, 2.05) is 32.9 Å². The number of nitrogens with zero attached hydrogens (tertiary/aromatic N) is 2. The maximum absolute atomic E-state index is 12.6. The molecule has 1 aromatic carbocycles.